The monoisotopic (exact) mass is 297 g/mol. The van der Waals surface area contributed by atoms with E-state index in [-0.39, 0.29) is 6.61 Å². The summed E-state index contributed by atoms with van der Waals surface area (Å²) in [6.45, 7) is 3.48. The molecular formula is C14H20BrNO. The molecule has 1 aromatic rings. The quantitative estimate of drug-likeness (QED) is 0.919. The van der Waals surface area contributed by atoms with Crippen LogP contribution in [0.25, 0.3) is 0 Å². The topological polar surface area (TPSA) is 23.5 Å². The van der Waals surface area contributed by atoms with Gasteiger partial charge in [-0.15, -0.1) is 0 Å². The molecule has 1 atom stereocenters. The molecule has 3 heteroatoms. The fourth-order valence-corrected chi connectivity index (χ4v) is 3.03. The molecule has 1 aromatic carbocycles. The van der Waals surface area contributed by atoms with E-state index in [4.69, 9.17) is 0 Å². The van der Waals surface area contributed by atoms with Crippen molar-refractivity contribution in [3.05, 3.63) is 28.2 Å². The highest BCUT2D eigenvalue weighted by molar-refractivity contribution is 9.10. The normalized spacial score (nSPS) is 20.6. The predicted octanol–water partition coefficient (Wildman–Crippen LogP) is 3.71. The average Bonchev–Trinajstić information content (AvgIpc) is 2.38. The largest absolute Gasteiger partial charge is 0.392 e. The van der Waals surface area contributed by atoms with Gasteiger partial charge in [-0.25, -0.2) is 0 Å². The van der Waals surface area contributed by atoms with Crippen molar-refractivity contribution in [2.45, 2.75) is 45.3 Å². The van der Waals surface area contributed by atoms with Gasteiger partial charge >= 0.3 is 0 Å². The van der Waals surface area contributed by atoms with Gasteiger partial charge in [-0.3, -0.25) is 0 Å². The molecular weight excluding hydrogens is 278 g/mol. The fourth-order valence-electron chi connectivity index (χ4n) is 2.68. The number of benzene rings is 1. The lowest BCUT2D eigenvalue weighted by atomic mass is 9.98. The molecule has 1 saturated heterocycles. The molecule has 0 saturated carbocycles. The maximum atomic E-state index is 9.46. The van der Waals surface area contributed by atoms with E-state index in [1.54, 1.807) is 0 Å². The standard InChI is InChI=1S/C14H20BrNO/c1-2-13-5-3-4-8-16(13)14-9-12(15)7-6-11(14)10-17/h6-7,9,13,17H,2-5,8,10H2,1H3. The third kappa shape index (κ3) is 2.83. The van der Waals surface area contributed by atoms with Gasteiger partial charge < -0.3 is 10.0 Å². The van der Waals surface area contributed by atoms with Gasteiger partial charge in [-0.05, 0) is 37.8 Å². The van der Waals surface area contributed by atoms with E-state index < -0.39 is 0 Å². The number of rotatable bonds is 3. The SMILES string of the molecule is CCC1CCCCN1c1cc(Br)ccc1CO. The highest BCUT2D eigenvalue weighted by Crippen LogP contribution is 2.31. The summed E-state index contributed by atoms with van der Waals surface area (Å²) in [4.78, 5) is 2.47. The van der Waals surface area contributed by atoms with Crippen LogP contribution < -0.4 is 4.90 Å². The Kier molecular flexibility index (Phi) is 4.46. The third-order valence-corrected chi connectivity index (χ3v) is 4.12. The number of nitrogens with zero attached hydrogens (tertiary/aromatic N) is 1. The highest BCUT2D eigenvalue weighted by Gasteiger charge is 2.22. The summed E-state index contributed by atoms with van der Waals surface area (Å²) in [5.74, 6) is 0. The van der Waals surface area contributed by atoms with Gasteiger partial charge in [0.15, 0.2) is 0 Å². The summed E-state index contributed by atoms with van der Waals surface area (Å²) in [7, 11) is 0. The number of piperidine rings is 1. The molecule has 1 aliphatic rings. The third-order valence-electron chi connectivity index (χ3n) is 3.63. The lowest BCUT2D eigenvalue weighted by Crippen LogP contribution is -2.39. The maximum absolute atomic E-state index is 9.46. The highest BCUT2D eigenvalue weighted by atomic mass is 79.9. The second kappa shape index (κ2) is 5.87. The second-order valence-electron chi connectivity index (χ2n) is 4.68. The fraction of sp³-hybridized carbons (Fsp3) is 0.571. The first kappa shape index (κ1) is 12.9. The first-order valence-corrected chi connectivity index (χ1v) is 7.21. The van der Waals surface area contributed by atoms with Crippen LogP contribution in [0.3, 0.4) is 0 Å². The Morgan fingerprint density at radius 1 is 1.41 bits per heavy atom. The molecule has 0 radical (unpaired) electrons. The molecule has 1 fully saturated rings. The first-order chi connectivity index (χ1) is 8.26. The minimum absolute atomic E-state index is 0.121. The van der Waals surface area contributed by atoms with Crippen LogP contribution in [0.15, 0.2) is 22.7 Å². The van der Waals surface area contributed by atoms with E-state index in [1.165, 1.54) is 31.4 Å². The predicted molar refractivity (Wildman–Crippen MR) is 75.3 cm³/mol. The van der Waals surface area contributed by atoms with Crippen LogP contribution in [0.5, 0.6) is 0 Å². The zero-order chi connectivity index (χ0) is 12.3. The smallest absolute Gasteiger partial charge is 0.0702 e. The van der Waals surface area contributed by atoms with E-state index in [0.717, 1.165) is 16.6 Å². The molecule has 1 N–H and O–H groups in total. The van der Waals surface area contributed by atoms with Crippen LogP contribution in [-0.2, 0) is 6.61 Å². The van der Waals surface area contributed by atoms with Crippen molar-refractivity contribution in [1.82, 2.24) is 0 Å². The second-order valence-corrected chi connectivity index (χ2v) is 5.60. The van der Waals surface area contributed by atoms with E-state index in [0.29, 0.717) is 6.04 Å². The summed E-state index contributed by atoms with van der Waals surface area (Å²) < 4.78 is 1.09. The molecule has 0 aliphatic carbocycles. The van der Waals surface area contributed by atoms with Gasteiger partial charge in [-0.1, -0.05) is 28.9 Å². The van der Waals surface area contributed by atoms with Crippen molar-refractivity contribution < 1.29 is 5.11 Å². The first-order valence-electron chi connectivity index (χ1n) is 6.42. The van der Waals surface area contributed by atoms with Crippen molar-refractivity contribution in [2.75, 3.05) is 11.4 Å². The van der Waals surface area contributed by atoms with E-state index in [1.807, 2.05) is 12.1 Å². The molecule has 1 heterocycles. The Hall–Kier alpha value is -0.540. The van der Waals surface area contributed by atoms with Gasteiger partial charge in [0.25, 0.3) is 0 Å². The van der Waals surface area contributed by atoms with Crippen molar-refractivity contribution in [2.24, 2.45) is 0 Å². The zero-order valence-corrected chi connectivity index (χ0v) is 11.9. The molecule has 1 aliphatic heterocycles. The molecule has 17 heavy (non-hydrogen) atoms. The minimum Gasteiger partial charge on any atom is -0.392 e. The summed E-state index contributed by atoms with van der Waals surface area (Å²) >= 11 is 3.53. The molecule has 1 unspecified atom stereocenters. The van der Waals surface area contributed by atoms with E-state index in [9.17, 15) is 5.11 Å². The van der Waals surface area contributed by atoms with Gasteiger partial charge in [-0.2, -0.15) is 0 Å². The Labute approximate surface area is 112 Å². The number of hydrogen-bond donors (Lipinski definition) is 1. The van der Waals surface area contributed by atoms with Crippen molar-refractivity contribution in [3.8, 4) is 0 Å². The molecule has 0 bridgehead atoms. The molecule has 0 spiro atoms. The van der Waals surface area contributed by atoms with Crippen LogP contribution in [0.1, 0.15) is 38.2 Å². The molecule has 2 rings (SSSR count). The summed E-state index contributed by atoms with van der Waals surface area (Å²) in [6, 6.07) is 6.78. The van der Waals surface area contributed by atoms with Gasteiger partial charge in [0.1, 0.15) is 0 Å². The van der Waals surface area contributed by atoms with E-state index >= 15 is 0 Å². The van der Waals surface area contributed by atoms with Gasteiger partial charge in [0.05, 0.1) is 6.61 Å². The zero-order valence-electron chi connectivity index (χ0n) is 10.3. The molecule has 0 aromatic heterocycles. The van der Waals surface area contributed by atoms with Crippen LogP contribution >= 0.6 is 15.9 Å². The maximum Gasteiger partial charge on any atom is 0.0702 e. The number of hydrogen-bond acceptors (Lipinski definition) is 2. The number of aliphatic hydroxyl groups is 1. The average molecular weight is 298 g/mol. The Morgan fingerprint density at radius 2 is 2.24 bits per heavy atom. The summed E-state index contributed by atoms with van der Waals surface area (Å²) in [6.07, 6.45) is 5.04. The molecule has 94 valence electrons. The van der Waals surface area contributed by atoms with Crippen molar-refractivity contribution in [3.63, 3.8) is 0 Å². The lowest BCUT2D eigenvalue weighted by molar-refractivity contribution is 0.281. The minimum atomic E-state index is 0.121. The number of anilines is 1. The van der Waals surface area contributed by atoms with E-state index in [2.05, 4.69) is 33.8 Å². The Balaban J connectivity index is 2.33. The molecule has 0 amide bonds. The lowest BCUT2D eigenvalue weighted by Gasteiger charge is -2.38. The summed E-state index contributed by atoms with van der Waals surface area (Å²) in [5.41, 5.74) is 2.24. The summed E-state index contributed by atoms with van der Waals surface area (Å²) in [5, 5.41) is 9.46. The van der Waals surface area contributed by atoms with Crippen molar-refractivity contribution in [1.29, 1.82) is 0 Å². The number of halogens is 1. The van der Waals surface area contributed by atoms with Gasteiger partial charge in [0, 0.05) is 28.3 Å². The van der Waals surface area contributed by atoms with Crippen LogP contribution in [0.4, 0.5) is 5.69 Å². The van der Waals surface area contributed by atoms with Crippen LogP contribution in [0.2, 0.25) is 0 Å². The Morgan fingerprint density at radius 3 is 2.94 bits per heavy atom. The number of aliphatic hydroxyl groups excluding tert-OH is 1. The Bertz CT molecular complexity index is 380. The van der Waals surface area contributed by atoms with Crippen LogP contribution in [-0.4, -0.2) is 17.7 Å². The van der Waals surface area contributed by atoms with Crippen molar-refractivity contribution >= 4 is 21.6 Å². The van der Waals surface area contributed by atoms with Crippen LogP contribution in [0, 0.1) is 0 Å². The molecule has 2 nitrogen and oxygen atoms in total. The van der Waals surface area contributed by atoms with Gasteiger partial charge in [0.2, 0.25) is 0 Å².